The predicted octanol–water partition coefficient (Wildman–Crippen LogP) is 5.24. The van der Waals surface area contributed by atoms with Crippen molar-refractivity contribution in [2.75, 3.05) is 6.54 Å². The van der Waals surface area contributed by atoms with Gasteiger partial charge in [0.2, 0.25) is 10.0 Å². The van der Waals surface area contributed by atoms with Crippen molar-refractivity contribution in [3.8, 4) is 0 Å². The van der Waals surface area contributed by atoms with E-state index in [-0.39, 0.29) is 16.5 Å². The number of halogens is 4. The Morgan fingerprint density at radius 3 is 2.33 bits per heavy atom. The van der Waals surface area contributed by atoms with E-state index >= 15 is 0 Å². The monoisotopic (exact) mass is 571 g/mol. The Morgan fingerprint density at radius 2 is 1.70 bits per heavy atom. The fraction of sp³-hybridized carbons (Fsp3) is 0.0909. The number of nitrogens with zero attached hydrogens (tertiary/aromatic N) is 2. The van der Waals surface area contributed by atoms with Crippen molar-refractivity contribution in [3.05, 3.63) is 98.2 Å². The Hall–Kier alpha value is -2.30. The third-order valence-corrected chi connectivity index (χ3v) is 7.46. The predicted molar refractivity (Wildman–Crippen MR) is 130 cm³/mol. The Morgan fingerprint density at radius 1 is 1.03 bits per heavy atom. The number of hydrogen-bond donors (Lipinski definition) is 1. The second-order valence-electron chi connectivity index (χ2n) is 6.82. The first kappa shape index (κ1) is 25.3. The van der Waals surface area contributed by atoms with E-state index < -0.39 is 28.3 Å². The highest BCUT2D eigenvalue weighted by atomic mass is 79.9. The number of hydrogen-bond acceptors (Lipinski definition) is 4. The van der Waals surface area contributed by atoms with E-state index in [0.717, 1.165) is 4.31 Å². The summed E-state index contributed by atoms with van der Waals surface area (Å²) in [5.41, 5.74) is 3.40. The number of hydrazone groups is 1. The highest BCUT2D eigenvalue weighted by Crippen LogP contribution is 2.25. The van der Waals surface area contributed by atoms with Gasteiger partial charge in [-0.2, -0.15) is 9.41 Å². The van der Waals surface area contributed by atoms with Gasteiger partial charge in [-0.25, -0.2) is 18.2 Å². The minimum atomic E-state index is -4.03. The van der Waals surface area contributed by atoms with E-state index in [2.05, 4.69) is 26.5 Å². The summed E-state index contributed by atoms with van der Waals surface area (Å²) < 4.78 is 41.2. The average Bonchev–Trinajstić information content (AvgIpc) is 2.77. The van der Waals surface area contributed by atoms with Crippen LogP contribution in [0, 0.1) is 5.82 Å². The fourth-order valence-electron chi connectivity index (χ4n) is 2.75. The van der Waals surface area contributed by atoms with E-state index in [1.165, 1.54) is 42.6 Å². The molecule has 0 atom stereocenters. The summed E-state index contributed by atoms with van der Waals surface area (Å²) in [4.78, 5) is 12.5. The molecule has 3 aromatic rings. The summed E-state index contributed by atoms with van der Waals surface area (Å²) in [5.74, 6) is -1.05. The van der Waals surface area contributed by atoms with Gasteiger partial charge in [0.15, 0.2) is 0 Å². The molecule has 1 amide bonds. The van der Waals surface area contributed by atoms with Gasteiger partial charge >= 0.3 is 0 Å². The summed E-state index contributed by atoms with van der Waals surface area (Å²) in [7, 11) is -4.03. The van der Waals surface area contributed by atoms with Crippen LogP contribution in [0.25, 0.3) is 0 Å². The molecule has 0 unspecified atom stereocenters. The first-order valence-corrected chi connectivity index (χ1v) is 12.4. The molecule has 0 bridgehead atoms. The lowest BCUT2D eigenvalue weighted by molar-refractivity contribution is -0.121. The zero-order chi connectivity index (χ0) is 24.0. The van der Waals surface area contributed by atoms with Crippen LogP contribution in [0.3, 0.4) is 0 Å². The summed E-state index contributed by atoms with van der Waals surface area (Å²) in [6.45, 7) is -0.621. The number of carbonyl (C=O) groups excluding carboxylic acids is 1. The highest BCUT2D eigenvalue weighted by molar-refractivity contribution is 9.10. The van der Waals surface area contributed by atoms with Crippen molar-refractivity contribution in [2.45, 2.75) is 11.4 Å². The van der Waals surface area contributed by atoms with Crippen LogP contribution < -0.4 is 5.43 Å². The lowest BCUT2D eigenvalue weighted by Crippen LogP contribution is -2.39. The Labute approximate surface area is 209 Å². The molecule has 11 heteroatoms. The number of amides is 1. The molecule has 0 aromatic heterocycles. The minimum absolute atomic E-state index is 0.0216. The topological polar surface area (TPSA) is 78.8 Å². The lowest BCUT2D eigenvalue weighted by atomic mass is 10.2. The molecule has 0 radical (unpaired) electrons. The summed E-state index contributed by atoms with van der Waals surface area (Å²) in [5, 5.41) is 4.41. The first-order valence-electron chi connectivity index (χ1n) is 9.42. The van der Waals surface area contributed by atoms with Crippen LogP contribution in [0.15, 0.2) is 81.2 Å². The van der Waals surface area contributed by atoms with E-state index in [1.807, 2.05) is 0 Å². The van der Waals surface area contributed by atoms with Crippen LogP contribution in [0.1, 0.15) is 11.1 Å². The van der Waals surface area contributed by atoms with Gasteiger partial charge in [-0.1, -0.05) is 57.3 Å². The van der Waals surface area contributed by atoms with Crippen LogP contribution >= 0.6 is 39.1 Å². The standard InChI is InChI=1S/C22H17BrCl2FN3O3S/c23-17-4-8-19(9-5-17)33(31,32)29(13-16-3-10-20(24)21(25)11-16)14-22(30)28-27-12-15-1-6-18(26)7-2-15/h1-12H,13-14H2,(H,28,30)/b27-12+. The molecule has 3 rings (SSSR count). The average molecular weight is 573 g/mol. The van der Waals surface area contributed by atoms with Crippen molar-refractivity contribution in [1.82, 2.24) is 9.73 Å². The summed E-state index contributed by atoms with van der Waals surface area (Å²) >= 11 is 15.3. The molecule has 0 fully saturated rings. The second-order valence-corrected chi connectivity index (χ2v) is 10.5. The molecule has 0 aliphatic heterocycles. The zero-order valence-corrected chi connectivity index (χ0v) is 20.8. The Bertz CT molecular complexity index is 1270. The van der Waals surface area contributed by atoms with E-state index in [0.29, 0.717) is 20.6 Å². The largest absolute Gasteiger partial charge is 0.272 e. The van der Waals surface area contributed by atoms with E-state index in [4.69, 9.17) is 23.2 Å². The minimum Gasteiger partial charge on any atom is -0.272 e. The molecule has 33 heavy (non-hydrogen) atoms. The number of benzene rings is 3. The first-order chi connectivity index (χ1) is 15.6. The van der Waals surface area contributed by atoms with Gasteiger partial charge in [0.25, 0.3) is 5.91 Å². The van der Waals surface area contributed by atoms with Crippen LogP contribution in [0.4, 0.5) is 4.39 Å². The van der Waals surface area contributed by atoms with Crippen molar-refractivity contribution >= 4 is 61.3 Å². The van der Waals surface area contributed by atoms with Gasteiger partial charge in [0.1, 0.15) is 5.82 Å². The smallest absolute Gasteiger partial charge is 0.255 e. The van der Waals surface area contributed by atoms with Gasteiger partial charge in [0.05, 0.1) is 27.7 Å². The maximum atomic E-state index is 13.3. The summed E-state index contributed by atoms with van der Waals surface area (Å²) in [6, 6.07) is 16.3. The van der Waals surface area contributed by atoms with Gasteiger partial charge in [-0.3, -0.25) is 4.79 Å². The lowest BCUT2D eigenvalue weighted by Gasteiger charge is -2.22. The molecule has 172 valence electrons. The summed E-state index contributed by atoms with van der Waals surface area (Å²) in [6.07, 6.45) is 1.32. The molecule has 0 heterocycles. The molecule has 0 aliphatic rings. The van der Waals surface area contributed by atoms with E-state index in [9.17, 15) is 17.6 Å². The third-order valence-electron chi connectivity index (χ3n) is 4.39. The second kappa shape index (κ2) is 11.2. The van der Waals surface area contributed by atoms with Crippen molar-refractivity contribution in [3.63, 3.8) is 0 Å². The number of carbonyl (C=O) groups is 1. The number of rotatable bonds is 8. The number of nitrogens with one attached hydrogen (secondary N) is 1. The molecule has 0 aliphatic carbocycles. The van der Waals surface area contributed by atoms with Crippen molar-refractivity contribution in [1.29, 1.82) is 0 Å². The Balaban J connectivity index is 1.81. The molecular weight excluding hydrogens is 556 g/mol. The highest BCUT2D eigenvalue weighted by Gasteiger charge is 2.27. The van der Waals surface area contributed by atoms with Gasteiger partial charge < -0.3 is 0 Å². The maximum Gasteiger partial charge on any atom is 0.255 e. The molecule has 0 saturated carbocycles. The van der Waals surface area contributed by atoms with Crippen LogP contribution in [0.2, 0.25) is 10.0 Å². The van der Waals surface area contributed by atoms with Crippen LogP contribution in [-0.2, 0) is 21.4 Å². The van der Waals surface area contributed by atoms with Crippen LogP contribution in [-0.4, -0.2) is 31.4 Å². The molecule has 0 saturated heterocycles. The SMILES string of the molecule is O=C(CN(Cc1ccc(Cl)c(Cl)c1)S(=O)(=O)c1ccc(Br)cc1)N/N=C/c1ccc(F)cc1. The normalized spacial score (nSPS) is 11.8. The molecule has 1 N–H and O–H groups in total. The van der Waals surface area contributed by atoms with Gasteiger partial charge in [-0.05, 0) is 59.7 Å². The van der Waals surface area contributed by atoms with Crippen molar-refractivity contribution < 1.29 is 17.6 Å². The van der Waals surface area contributed by atoms with Crippen molar-refractivity contribution in [2.24, 2.45) is 5.10 Å². The zero-order valence-electron chi connectivity index (χ0n) is 16.9. The Kier molecular flexibility index (Phi) is 8.61. The number of sulfonamides is 1. The van der Waals surface area contributed by atoms with Crippen LogP contribution in [0.5, 0.6) is 0 Å². The fourth-order valence-corrected chi connectivity index (χ4v) is 4.72. The molecule has 3 aromatic carbocycles. The third kappa shape index (κ3) is 7.09. The molecular formula is C22H17BrCl2FN3O3S. The van der Waals surface area contributed by atoms with Gasteiger partial charge in [-0.15, -0.1) is 0 Å². The van der Waals surface area contributed by atoms with E-state index in [1.54, 1.807) is 30.3 Å². The molecule has 6 nitrogen and oxygen atoms in total. The van der Waals surface area contributed by atoms with Gasteiger partial charge in [0, 0.05) is 11.0 Å². The molecule has 0 spiro atoms. The maximum absolute atomic E-state index is 13.3. The quantitative estimate of drug-likeness (QED) is 0.296.